The third-order valence-corrected chi connectivity index (χ3v) is 7.50. The van der Waals surface area contributed by atoms with Crippen LogP contribution in [0.5, 0.6) is 5.75 Å². The zero-order valence-electron chi connectivity index (χ0n) is 19.5. The van der Waals surface area contributed by atoms with Crippen LogP contribution in [0.2, 0.25) is 10.0 Å². The lowest BCUT2D eigenvalue weighted by Crippen LogP contribution is -2.44. The summed E-state index contributed by atoms with van der Waals surface area (Å²) in [6.07, 6.45) is 0. The number of hydrogen-bond donors (Lipinski definition) is 1. The lowest BCUT2D eigenvalue weighted by atomic mass is 9.78. The summed E-state index contributed by atoms with van der Waals surface area (Å²) in [5.74, 6) is -2.72. The highest BCUT2D eigenvalue weighted by molar-refractivity contribution is 8.02. The second-order valence-electron chi connectivity index (χ2n) is 8.04. The fraction of sp³-hybridized carbons (Fsp3) is 0.222. The van der Waals surface area contributed by atoms with E-state index in [2.05, 4.69) is 17.5 Å². The highest BCUT2D eigenvalue weighted by Gasteiger charge is 2.44. The minimum atomic E-state index is -1.28. The second kappa shape index (κ2) is 11.3. The molecule has 36 heavy (non-hydrogen) atoms. The summed E-state index contributed by atoms with van der Waals surface area (Å²) in [5, 5.41) is 15.9. The maximum atomic E-state index is 13.1. The van der Waals surface area contributed by atoms with Crippen molar-refractivity contribution < 1.29 is 19.1 Å². The molecule has 0 aliphatic carbocycles. The number of fused-ring (bicyclic) bond motifs is 1. The first-order valence-corrected chi connectivity index (χ1v) is 12.9. The number of allylic oxidation sites excluding steroid dienone is 1. The van der Waals surface area contributed by atoms with E-state index in [0.717, 1.165) is 16.3 Å². The Morgan fingerprint density at radius 2 is 1.81 bits per heavy atom. The van der Waals surface area contributed by atoms with Crippen molar-refractivity contribution in [2.24, 2.45) is 5.92 Å². The zero-order valence-corrected chi connectivity index (χ0v) is 21.8. The van der Waals surface area contributed by atoms with Gasteiger partial charge in [0.25, 0.3) is 0 Å². The predicted molar refractivity (Wildman–Crippen MR) is 142 cm³/mol. The Kier molecular flexibility index (Phi) is 8.10. The van der Waals surface area contributed by atoms with Crippen molar-refractivity contribution in [2.75, 3.05) is 13.7 Å². The van der Waals surface area contributed by atoms with Gasteiger partial charge in [0.1, 0.15) is 5.92 Å². The SMILES string of the molecule is CCOc1c(Cl)cc([C@@H]2C(C#N)=C(SCc3ccc4ccccc4c3)NC(=O)[C@H]2C(=O)OC)cc1Cl. The fourth-order valence-electron chi connectivity index (χ4n) is 4.20. The molecule has 0 spiro atoms. The summed E-state index contributed by atoms with van der Waals surface area (Å²) >= 11 is 14.1. The van der Waals surface area contributed by atoms with E-state index >= 15 is 0 Å². The van der Waals surface area contributed by atoms with E-state index < -0.39 is 23.7 Å². The maximum absolute atomic E-state index is 13.1. The number of carbonyl (C=O) groups is 2. The van der Waals surface area contributed by atoms with E-state index in [1.165, 1.54) is 18.9 Å². The summed E-state index contributed by atoms with van der Waals surface area (Å²) in [6.45, 7) is 2.16. The van der Waals surface area contributed by atoms with Gasteiger partial charge in [-0.1, -0.05) is 65.7 Å². The number of ether oxygens (including phenoxy) is 2. The van der Waals surface area contributed by atoms with Crippen LogP contribution in [-0.2, 0) is 20.1 Å². The van der Waals surface area contributed by atoms with Crippen LogP contribution in [0.15, 0.2) is 65.2 Å². The third kappa shape index (κ3) is 5.17. The number of methoxy groups -OCH3 is 1. The Labute approximate surface area is 223 Å². The molecule has 6 nitrogen and oxygen atoms in total. The molecule has 3 aromatic rings. The Bertz CT molecular complexity index is 1390. The van der Waals surface area contributed by atoms with E-state index in [1.54, 1.807) is 19.1 Å². The first kappa shape index (κ1) is 25.9. The number of esters is 1. The Morgan fingerprint density at radius 3 is 2.44 bits per heavy atom. The number of benzene rings is 3. The lowest BCUT2D eigenvalue weighted by Gasteiger charge is -2.31. The normalized spacial score (nSPS) is 17.5. The summed E-state index contributed by atoms with van der Waals surface area (Å²) in [4.78, 5) is 25.8. The molecule has 9 heteroatoms. The number of rotatable bonds is 7. The van der Waals surface area contributed by atoms with Crippen LogP contribution in [-0.4, -0.2) is 25.6 Å². The molecule has 1 amide bonds. The standard InChI is InChI=1S/C27H22Cl2N2O4S/c1-3-35-24-20(28)11-18(12-21(24)29)22-19(13-30)26(31-25(32)23(22)27(33)34-2)36-14-15-8-9-16-6-4-5-7-17(16)10-15/h4-12,22-23H,3,14H2,1-2H3,(H,31,32)/t22-,23+/m1/s1. The number of carbonyl (C=O) groups excluding carboxylic acids is 2. The summed E-state index contributed by atoms with van der Waals surface area (Å²) < 4.78 is 10.4. The van der Waals surface area contributed by atoms with Crippen LogP contribution in [0.1, 0.15) is 24.0 Å². The number of nitriles is 1. The molecule has 1 aliphatic rings. The van der Waals surface area contributed by atoms with Crippen LogP contribution in [0, 0.1) is 17.2 Å². The van der Waals surface area contributed by atoms with Crippen LogP contribution < -0.4 is 10.1 Å². The molecule has 2 atom stereocenters. The summed E-state index contributed by atoms with van der Waals surface area (Å²) in [7, 11) is 1.20. The topological polar surface area (TPSA) is 88.4 Å². The number of nitrogens with zero attached hydrogens (tertiary/aromatic N) is 1. The van der Waals surface area contributed by atoms with Crippen molar-refractivity contribution in [2.45, 2.75) is 18.6 Å². The van der Waals surface area contributed by atoms with Crippen molar-refractivity contribution in [1.29, 1.82) is 5.26 Å². The van der Waals surface area contributed by atoms with E-state index in [1.807, 2.05) is 36.4 Å². The van der Waals surface area contributed by atoms with E-state index in [9.17, 15) is 14.9 Å². The van der Waals surface area contributed by atoms with Crippen LogP contribution in [0.4, 0.5) is 0 Å². The molecule has 0 aromatic heterocycles. The highest BCUT2D eigenvalue weighted by atomic mass is 35.5. The molecule has 3 aromatic carbocycles. The Morgan fingerprint density at radius 1 is 1.11 bits per heavy atom. The van der Waals surface area contributed by atoms with Crippen molar-refractivity contribution in [3.05, 3.63) is 86.4 Å². The minimum Gasteiger partial charge on any atom is -0.491 e. The Hall–Kier alpha value is -3.18. The molecular weight excluding hydrogens is 519 g/mol. The zero-order chi connectivity index (χ0) is 25.8. The van der Waals surface area contributed by atoms with E-state index in [-0.39, 0.29) is 15.6 Å². The highest BCUT2D eigenvalue weighted by Crippen LogP contribution is 2.44. The van der Waals surface area contributed by atoms with Gasteiger partial charge in [-0.3, -0.25) is 9.59 Å². The molecule has 0 saturated heterocycles. The number of halogens is 2. The van der Waals surface area contributed by atoms with Crippen molar-refractivity contribution >= 4 is 57.6 Å². The number of thioether (sulfide) groups is 1. The first-order chi connectivity index (χ1) is 17.4. The van der Waals surface area contributed by atoms with Gasteiger partial charge in [0.15, 0.2) is 5.75 Å². The summed E-state index contributed by atoms with van der Waals surface area (Å²) in [6, 6.07) is 19.5. The predicted octanol–water partition coefficient (Wildman–Crippen LogP) is 6.22. The van der Waals surface area contributed by atoms with Crippen LogP contribution in [0.25, 0.3) is 10.8 Å². The average Bonchev–Trinajstić information content (AvgIpc) is 2.88. The molecule has 0 saturated carbocycles. The quantitative estimate of drug-likeness (QED) is 0.282. The molecule has 0 unspecified atom stereocenters. The molecule has 0 fully saturated rings. The number of hydrogen-bond acceptors (Lipinski definition) is 6. The van der Waals surface area contributed by atoms with E-state index in [4.69, 9.17) is 32.7 Å². The van der Waals surface area contributed by atoms with Gasteiger partial charge in [-0.15, -0.1) is 11.8 Å². The fourth-order valence-corrected chi connectivity index (χ4v) is 5.81. The summed E-state index contributed by atoms with van der Waals surface area (Å²) in [5.41, 5.74) is 1.70. The Balaban J connectivity index is 1.75. The van der Waals surface area contributed by atoms with Gasteiger partial charge in [-0.05, 0) is 41.0 Å². The van der Waals surface area contributed by atoms with Gasteiger partial charge < -0.3 is 14.8 Å². The molecule has 4 rings (SSSR count). The maximum Gasteiger partial charge on any atom is 0.319 e. The molecule has 0 radical (unpaired) electrons. The monoisotopic (exact) mass is 540 g/mol. The molecular formula is C27H22Cl2N2O4S. The average molecular weight is 541 g/mol. The third-order valence-electron chi connectivity index (χ3n) is 5.85. The van der Waals surface area contributed by atoms with Gasteiger partial charge in [0, 0.05) is 11.7 Å². The molecule has 0 bridgehead atoms. The second-order valence-corrected chi connectivity index (χ2v) is 9.84. The van der Waals surface area contributed by atoms with Crippen molar-refractivity contribution in [3.8, 4) is 11.8 Å². The van der Waals surface area contributed by atoms with Crippen LogP contribution >= 0.6 is 35.0 Å². The molecule has 1 aliphatic heterocycles. The largest absolute Gasteiger partial charge is 0.491 e. The van der Waals surface area contributed by atoms with E-state index in [0.29, 0.717) is 28.7 Å². The van der Waals surface area contributed by atoms with Crippen molar-refractivity contribution in [3.63, 3.8) is 0 Å². The van der Waals surface area contributed by atoms with Gasteiger partial charge >= 0.3 is 5.97 Å². The van der Waals surface area contributed by atoms with Gasteiger partial charge in [0.2, 0.25) is 5.91 Å². The smallest absolute Gasteiger partial charge is 0.319 e. The molecule has 1 heterocycles. The molecule has 1 N–H and O–H groups in total. The van der Waals surface area contributed by atoms with Gasteiger partial charge in [-0.25, -0.2) is 0 Å². The lowest BCUT2D eigenvalue weighted by molar-refractivity contribution is -0.150. The van der Waals surface area contributed by atoms with Crippen LogP contribution in [0.3, 0.4) is 0 Å². The number of amides is 1. The van der Waals surface area contributed by atoms with Gasteiger partial charge in [-0.2, -0.15) is 5.26 Å². The van der Waals surface area contributed by atoms with Crippen molar-refractivity contribution in [1.82, 2.24) is 5.32 Å². The number of nitrogens with one attached hydrogen (secondary N) is 1. The molecule has 184 valence electrons. The first-order valence-electron chi connectivity index (χ1n) is 11.1. The minimum absolute atomic E-state index is 0.219. The van der Waals surface area contributed by atoms with Gasteiger partial charge in [0.05, 0.1) is 40.4 Å².